The van der Waals surface area contributed by atoms with Gasteiger partial charge in [0, 0.05) is 23.1 Å². The smallest absolute Gasteiger partial charge is 0.129 e. The second-order valence-electron chi connectivity index (χ2n) is 6.00. The topological polar surface area (TPSA) is 21.3 Å². The van der Waals surface area contributed by atoms with Crippen LogP contribution < -0.4 is 5.32 Å². The van der Waals surface area contributed by atoms with Crippen LogP contribution in [0.1, 0.15) is 50.2 Å². The fraction of sp³-hybridized carbons (Fsp3) is 0.625. The van der Waals surface area contributed by atoms with E-state index in [1.54, 1.807) is 6.07 Å². The van der Waals surface area contributed by atoms with Crippen molar-refractivity contribution in [1.29, 1.82) is 0 Å². The van der Waals surface area contributed by atoms with E-state index in [4.69, 9.17) is 4.74 Å². The van der Waals surface area contributed by atoms with E-state index in [9.17, 15) is 4.39 Å². The first-order valence-corrected chi connectivity index (χ1v) is 8.31. The highest BCUT2D eigenvalue weighted by molar-refractivity contribution is 9.10. The average molecular weight is 342 g/mol. The molecule has 1 saturated carbocycles. The van der Waals surface area contributed by atoms with Crippen LogP contribution in [0.25, 0.3) is 0 Å². The molecule has 20 heavy (non-hydrogen) atoms. The van der Waals surface area contributed by atoms with Crippen LogP contribution in [0.3, 0.4) is 0 Å². The molecule has 1 aromatic rings. The molecule has 0 radical (unpaired) electrons. The molecular weight excluding hydrogens is 321 g/mol. The van der Waals surface area contributed by atoms with Crippen LogP contribution in [0.4, 0.5) is 4.39 Å². The van der Waals surface area contributed by atoms with Crippen molar-refractivity contribution in [1.82, 2.24) is 5.32 Å². The number of hydrogen-bond acceptors (Lipinski definition) is 2. The summed E-state index contributed by atoms with van der Waals surface area (Å²) in [6.45, 7) is 1.59. The first-order valence-electron chi connectivity index (χ1n) is 7.52. The van der Waals surface area contributed by atoms with Gasteiger partial charge >= 0.3 is 0 Å². The van der Waals surface area contributed by atoms with E-state index in [0.29, 0.717) is 12.1 Å². The van der Waals surface area contributed by atoms with Gasteiger partial charge in [0.1, 0.15) is 5.82 Å². The van der Waals surface area contributed by atoms with Crippen LogP contribution in [-0.2, 0) is 4.74 Å². The first-order chi connectivity index (χ1) is 9.69. The maximum absolute atomic E-state index is 14.1. The van der Waals surface area contributed by atoms with Gasteiger partial charge in [-0.25, -0.2) is 4.39 Å². The molecule has 2 nitrogen and oxygen atoms in total. The minimum Gasteiger partial charge on any atom is -0.364 e. The van der Waals surface area contributed by atoms with Gasteiger partial charge in [0.05, 0.1) is 11.7 Å². The maximum atomic E-state index is 14.1. The third-order valence-electron chi connectivity index (χ3n) is 4.49. The van der Waals surface area contributed by atoms with Crippen molar-refractivity contribution in [3.05, 3.63) is 34.1 Å². The molecule has 2 fully saturated rings. The number of halogens is 2. The summed E-state index contributed by atoms with van der Waals surface area (Å²) in [7, 11) is 0. The molecule has 1 spiro atoms. The van der Waals surface area contributed by atoms with E-state index in [2.05, 4.69) is 21.2 Å². The molecule has 0 aromatic heterocycles. The van der Waals surface area contributed by atoms with Gasteiger partial charge in [0.2, 0.25) is 0 Å². The van der Waals surface area contributed by atoms with Gasteiger partial charge in [0.25, 0.3) is 0 Å². The number of morpholine rings is 1. The summed E-state index contributed by atoms with van der Waals surface area (Å²) in [5.74, 6) is -0.175. The fourth-order valence-corrected chi connectivity index (χ4v) is 3.80. The molecule has 1 aromatic carbocycles. The van der Waals surface area contributed by atoms with Crippen molar-refractivity contribution in [2.75, 3.05) is 13.1 Å². The van der Waals surface area contributed by atoms with Gasteiger partial charge in [-0.1, -0.05) is 41.6 Å². The summed E-state index contributed by atoms with van der Waals surface area (Å²) in [4.78, 5) is 0. The zero-order valence-corrected chi connectivity index (χ0v) is 13.2. The second kappa shape index (κ2) is 6.12. The summed E-state index contributed by atoms with van der Waals surface area (Å²) >= 11 is 3.42. The van der Waals surface area contributed by atoms with E-state index >= 15 is 0 Å². The summed E-state index contributed by atoms with van der Waals surface area (Å²) < 4.78 is 21.4. The van der Waals surface area contributed by atoms with Crippen molar-refractivity contribution in [3.63, 3.8) is 0 Å². The predicted octanol–water partition coefficient (Wildman–Crippen LogP) is 4.34. The molecule has 4 heteroatoms. The van der Waals surface area contributed by atoms with E-state index < -0.39 is 0 Å². The van der Waals surface area contributed by atoms with E-state index in [-0.39, 0.29) is 17.5 Å². The third kappa shape index (κ3) is 3.07. The van der Waals surface area contributed by atoms with Crippen molar-refractivity contribution in [3.8, 4) is 0 Å². The van der Waals surface area contributed by atoms with Crippen LogP contribution in [0.15, 0.2) is 22.7 Å². The Morgan fingerprint density at radius 1 is 1.20 bits per heavy atom. The van der Waals surface area contributed by atoms with Gasteiger partial charge in [-0.15, -0.1) is 0 Å². The second-order valence-corrected chi connectivity index (χ2v) is 6.92. The molecule has 0 bridgehead atoms. The molecule has 110 valence electrons. The third-order valence-corrected chi connectivity index (χ3v) is 4.98. The van der Waals surface area contributed by atoms with Crippen LogP contribution in [0.2, 0.25) is 0 Å². The van der Waals surface area contributed by atoms with Gasteiger partial charge in [-0.05, 0) is 31.0 Å². The van der Waals surface area contributed by atoms with Gasteiger partial charge in [-0.3, -0.25) is 0 Å². The molecule has 1 atom stereocenters. The number of rotatable bonds is 1. The molecule has 0 amide bonds. The normalized spacial score (nSPS) is 26.4. The fourth-order valence-electron chi connectivity index (χ4n) is 3.42. The van der Waals surface area contributed by atoms with Gasteiger partial charge < -0.3 is 10.1 Å². The molecule has 3 rings (SSSR count). The minimum atomic E-state index is -0.181. The lowest BCUT2D eigenvalue weighted by molar-refractivity contribution is -0.127. The Hall–Kier alpha value is -0.450. The highest BCUT2D eigenvalue weighted by atomic mass is 79.9. The van der Waals surface area contributed by atoms with Crippen molar-refractivity contribution in [2.24, 2.45) is 0 Å². The van der Waals surface area contributed by atoms with Gasteiger partial charge in [-0.2, -0.15) is 0 Å². The molecule has 1 aliphatic carbocycles. The summed E-state index contributed by atoms with van der Waals surface area (Å²) in [6, 6.07) is 5.09. The molecular formula is C16H21BrFNO. The molecule has 1 heterocycles. The largest absolute Gasteiger partial charge is 0.364 e. The Bertz CT molecular complexity index is 472. The Balaban J connectivity index is 1.82. The Morgan fingerprint density at radius 2 is 1.95 bits per heavy atom. The van der Waals surface area contributed by atoms with Crippen LogP contribution in [0.5, 0.6) is 0 Å². The summed E-state index contributed by atoms with van der Waals surface area (Å²) in [6.07, 6.45) is 7.02. The first kappa shape index (κ1) is 14.5. The SMILES string of the molecule is Fc1ccc(Br)cc1C1CNCC2(CCCCCC2)O1. The van der Waals surface area contributed by atoms with Crippen LogP contribution >= 0.6 is 15.9 Å². The minimum absolute atomic E-state index is 0.0891. The zero-order chi connectivity index (χ0) is 14.0. The molecule has 1 saturated heterocycles. The van der Waals surface area contributed by atoms with Crippen LogP contribution in [-0.4, -0.2) is 18.7 Å². The van der Waals surface area contributed by atoms with E-state index in [0.717, 1.165) is 23.9 Å². The highest BCUT2D eigenvalue weighted by Gasteiger charge is 2.38. The quantitative estimate of drug-likeness (QED) is 0.820. The molecule has 1 aliphatic heterocycles. The number of ether oxygens (including phenoxy) is 1. The molecule has 2 aliphatic rings. The molecule has 1 N–H and O–H groups in total. The Kier molecular flexibility index (Phi) is 4.43. The van der Waals surface area contributed by atoms with Crippen molar-refractivity contribution in [2.45, 2.75) is 50.2 Å². The average Bonchev–Trinajstić information content (AvgIpc) is 2.67. The van der Waals surface area contributed by atoms with Crippen molar-refractivity contribution < 1.29 is 9.13 Å². The number of hydrogen-bond donors (Lipinski definition) is 1. The summed E-state index contributed by atoms with van der Waals surface area (Å²) in [5.41, 5.74) is 0.573. The zero-order valence-electron chi connectivity index (χ0n) is 11.6. The monoisotopic (exact) mass is 341 g/mol. The Morgan fingerprint density at radius 3 is 2.70 bits per heavy atom. The van der Waals surface area contributed by atoms with Crippen LogP contribution in [0, 0.1) is 5.82 Å². The standard InChI is InChI=1S/C16H21BrFNO/c17-12-5-6-14(18)13(9-12)15-10-19-11-16(20-15)7-3-1-2-4-8-16/h5-6,9,15,19H,1-4,7-8,10-11H2. The predicted molar refractivity (Wildman–Crippen MR) is 81.2 cm³/mol. The van der Waals surface area contributed by atoms with Crippen molar-refractivity contribution >= 4 is 15.9 Å². The van der Waals surface area contributed by atoms with E-state index in [1.807, 2.05) is 6.07 Å². The Labute approximate surface area is 128 Å². The highest BCUT2D eigenvalue weighted by Crippen LogP contribution is 2.38. The van der Waals surface area contributed by atoms with E-state index in [1.165, 1.54) is 31.7 Å². The maximum Gasteiger partial charge on any atom is 0.129 e. The number of benzene rings is 1. The van der Waals surface area contributed by atoms with Gasteiger partial charge in [0.15, 0.2) is 0 Å². The summed E-state index contributed by atoms with van der Waals surface area (Å²) in [5, 5.41) is 3.46. The lowest BCUT2D eigenvalue weighted by Crippen LogP contribution is -2.50. The lowest BCUT2D eigenvalue weighted by atomic mass is 9.91. The lowest BCUT2D eigenvalue weighted by Gasteiger charge is -2.41. The number of nitrogens with one attached hydrogen (secondary N) is 1. The molecule has 1 unspecified atom stereocenters.